The molecular weight excluding hydrogens is 314 g/mol. The van der Waals surface area contributed by atoms with E-state index in [-0.39, 0.29) is 0 Å². The van der Waals surface area contributed by atoms with Gasteiger partial charge in [0.15, 0.2) is 0 Å². The number of benzene rings is 1. The van der Waals surface area contributed by atoms with E-state index in [4.69, 9.17) is 20.8 Å². The Hall–Kier alpha value is -2.53. The molecule has 0 radical (unpaired) electrons. The van der Waals surface area contributed by atoms with Crippen molar-refractivity contribution in [1.82, 2.24) is 9.97 Å². The Bertz CT molecular complexity index is 800. The van der Waals surface area contributed by atoms with E-state index in [1.54, 1.807) is 19.5 Å². The number of hydrogen-bond acceptors (Lipinski definition) is 5. The smallest absolute Gasteiger partial charge is 0.246 e. The van der Waals surface area contributed by atoms with Crippen LogP contribution in [0.4, 0.5) is 5.69 Å². The first-order valence-electron chi connectivity index (χ1n) is 7.11. The fraction of sp³-hybridized carbons (Fsp3) is 0.176. The molecule has 23 heavy (non-hydrogen) atoms. The molecule has 0 aliphatic carbocycles. The van der Waals surface area contributed by atoms with Gasteiger partial charge in [-0.25, -0.2) is 9.97 Å². The summed E-state index contributed by atoms with van der Waals surface area (Å²) >= 11 is 6.28. The zero-order chi connectivity index (χ0) is 16.2. The van der Waals surface area contributed by atoms with Gasteiger partial charge in [0.25, 0.3) is 0 Å². The van der Waals surface area contributed by atoms with E-state index in [1.165, 1.54) is 0 Å². The van der Waals surface area contributed by atoms with Gasteiger partial charge in [-0.3, -0.25) is 0 Å². The minimum Gasteiger partial charge on any atom is -0.497 e. The van der Waals surface area contributed by atoms with Crippen molar-refractivity contribution in [3.63, 3.8) is 0 Å². The number of hydrogen-bond donors (Lipinski definition) is 1. The zero-order valence-electron chi connectivity index (χ0n) is 12.8. The van der Waals surface area contributed by atoms with Crippen LogP contribution in [0.3, 0.4) is 0 Å². The molecular formula is C17H16ClN3O2. The van der Waals surface area contributed by atoms with Crippen LogP contribution in [0.5, 0.6) is 5.75 Å². The summed E-state index contributed by atoms with van der Waals surface area (Å²) in [6, 6.07) is 9.68. The molecule has 1 N–H and O–H groups in total. The average molecular weight is 330 g/mol. The number of halogens is 1. The zero-order valence-corrected chi connectivity index (χ0v) is 13.6. The molecule has 0 unspecified atom stereocenters. The van der Waals surface area contributed by atoms with Gasteiger partial charge in [-0.1, -0.05) is 23.7 Å². The highest BCUT2D eigenvalue weighted by atomic mass is 35.5. The number of nitrogens with one attached hydrogen (secondary N) is 1. The number of oxazole rings is 1. The van der Waals surface area contributed by atoms with E-state index < -0.39 is 0 Å². The largest absolute Gasteiger partial charge is 0.497 e. The third-order valence-corrected chi connectivity index (χ3v) is 3.61. The van der Waals surface area contributed by atoms with Gasteiger partial charge in [-0.05, 0) is 30.7 Å². The third-order valence-electron chi connectivity index (χ3n) is 3.32. The molecule has 3 aromatic rings. The highest BCUT2D eigenvalue weighted by molar-refractivity contribution is 6.33. The summed E-state index contributed by atoms with van der Waals surface area (Å²) in [5.74, 6) is 1.98. The lowest BCUT2D eigenvalue weighted by Crippen LogP contribution is -2.00. The monoisotopic (exact) mass is 329 g/mol. The topological polar surface area (TPSA) is 60.2 Å². The first kappa shape index (κ1) is 15.4. The first-order chi connectivity index (χ1) is 11.2. The lowest BCUT2D eigenvalue weighted by atomic mass is 10.2. The quantitative estimate of drug-likeness (QED) is 0.755. The number of aryl methyl sites for hydroxylation is 1. The van der Waals surface area contributed by atoms with E-state index >= 15 is 0 Å². The van der Waals surface area contributed by atoms with Crippen molar-refractivity contribution >= 4 is 17.3 Å². The number of aromatic nitrogens is 2. The molecule has 6 heteroatoms. The SMILES string of the molecule is COc1ccc(CNc2cnc(-c3ncc(C)o3)c(Cl)c2)cc1. The summed E-state index contributed by atoms with van der Waals surface area (Å²) in [6.45, 7) is 2.49. The van der Waals surface area contributed by atoms with Crippen molar-refractivity contribution in [3.05, 3.63) is 59.1 Å². The van der Waals surface area contributed by atoms with Gasteiger partial charge < -0.3 is 14.5 Å². The van der Waals surface area contributed by atoms with Gasteiger partial charge in [-0.15, -0.1) is 0 Å². The Morgan fingerprint density at radius 2 is 1.96 bits per heavy atom. The van der Waals surface area contributed by atoms with E-state index in [0.717, 1.165) is 22.8 Å². The summed E-state index contributed by atoms with van der Waals surface area (Å²) < 4.78 is 10.6. The summed E-state index contributed by atoms with van der Waals surface area (Å²) in [6.07, 6.45) is 3.35. The summed E-state index contributed by atoms with van der Waals surface area (Å²) in [5.41, 5.74) is 2.50. The van der Waals surface area contributed by atoms with Crippen molar-refractivity contribution in [2.75, 3.05) is 12.4 Å². The van der Waals surface area contributed by atoms with Crippen LogP contribution in [0, 0.1) is 6.92 Å². The minimum absolute atomic E-state index is 0.425. The first-order valence-corrected chi connectivity index (χ1v) is 7.48. The van der Waals surface area contributed by atoms with Crippen molar-refractivity contribution in [1.29, 1.82) is 0 Å². The summed E-state index contributed by atoms with van der Waals surface area (Å²) in [4.78, 5) is 8.47. The van der Waals surface area contributed by atoms with Crippen LogP contribution >= 0.6 is 11.6 Å². The molecule has 0 atom stereocenters. The predicted molar refractivity (Wildman–Crippen MR) is 89.8 cm³/mol. The molecule has 0 spiro atoms. The summed E-state index contributed by atoms with van der Waals surface area (Å²) in [5, 5.41) is 3.78. The molecule has 2 heterocycles. The Balaban J connectivity index is 1.70. The lowest BCUT2D eigenvalue weighted by Gasteiger charge is -2.08. The van der Waals surface area contributed by atoms with E-state index in [1.807, 2.05) is 37.3 Å². The standard InChI is InChI=1S/C17H16ClN3O2/c1-11-8-21-17(23-11)16-15(18)7-13(10-20-16)19-9-12-3-5-14(22-2)6-4-12/h3-8,10,19H,9H2,1-2H3. The van der Waals surface area contributed by atoms with E-state index in [2.05, 4.69) is 15.3 Å². The molecule has 1 aromatic carbocycles. The van der Waals surface area contributed by atoms with Crippen LogP contribution in [0.25, 0.3) is 11.6 Å². The minimum atomic E-state index is 0.425. The van der Waals surface area contributed by atoms with Crippen LogP contribution in [-0.2, 0) is 6.54 Å². The van der Waals surface area contributed by atoms with E-state index in [9.17, 15) is 0 Å². The van der Waals surface area contributed by atoms with Crippen LogP contribution in [0.15, 0.2) is 47.1 Å². The number of nitrogens with zero attached hydrogens (tertiary/aromatic N) is 2. The molecule has 0 bridgehead atoms. The number of pyridine rings is 1. The van der Waals surface area contributed by atoms with Crippen molar-refractivity contribution < 1.29 is 9.15 Å². The maximum Gasteiger partial charge on any atom is 0.246 e. The number of rotatable bonds is 5. The van der Waals surface area contributed by atoms with Gasteiger partial charge in [0.1, 0.15) is 17.2 Å². The average Bonchev–Trinajstić information content (AvgIpc) is 2.99. The Morgan fingerprint density at radius 1 is 1.17 bits per heavy atom. The maximum atomic E-state index is 6.28. The van der Waals surface area contributed by atoms with Crippen LogP contribution in [-0.4, -0.2) is 17.1 Å². The Morgan fingerprint density at radius 3 is 2.57 bits per heavy atom. The van der Waals surface area contributed by atoms with Gasteiger partial charge in [-0.2, -0.15) is 0 Å². The Kier molecular flexibility index (Phi) is 4.48. The second-order valence-electron chi connectivity index (χ2n) is 5.03. The second-order valence-corrected chi connectivity index (χ2v) is 5.44. The number of methoxy groups -OCH3 is 1. The molecule has 0 aliphatic rings. The third kappa shape index (κ3) is 3.63. The molecule has 5 nitrogen and oxygen atoms in total. The highest BCUT2D eigenvalue weighted by Gasteiger charge is 2.11. The molecule has 0 saturated carbocycles. The lowest BCUT2D eigenvalue weighted by molar-refractivity contribution is 0.414. The fourth-order valence-corrected chi connectivity index (χ4v) is 2.35. The van der Waals surface area contributed by atoms with E-state index in [0.29, 0.717) is 23.2 Å². The molecule has 0 saturated heterocycles. The Labute approximate surface area is 139 Å². The van der Waals surface area contributed by atoms with Gasteiger partial charge in [0, 0.05) is 6.54 Å². The number of ether oxygens (including phenoxy) is 1. The normalized spacial score (nSPS) is 10.6. The van der Waals surface area contributed by atoms with Crippen LogP contribution in [0.2, 0.25) is 5.02 Å². The van der Waals surface area contributed by atoms with Gasteiger partial charge in [0.2, 0.25) is 5.89 Å². The molecule has 0 amide bonds. The van der Waals surface area contributed by atoms with Gasteiger partial charge >= 0.3 is 0 Å². The second kappa shape index (κ2) is 6.71. The van der Waals surface area contributed by atoms with Crippen molar-refractivity contribution in [2.24, 2.45) is 0 Å². The van der Waals surface area contributed by atoms with Gasteiger partial charge in [0.05, 0.1) is 30.2 Å². The maximum absolute atomic E-state index is 6.28. The molecule has 2 aromatic heterocycles. The van der Waals surface area contributed by atoms with Crippen molar-refractivity contribution in [2.45, 2.75) is 13.5 Å². The fourth-order valence-electron chi connectivity index (χ4n) is 2.10. The predicted octanol–water partition coefficient (Wildman–Crippen LogP) is 4.32. The van der Waals surface area contributed by atoms with Crippen molar-refractivity contribution in [3.8, 4) is 17.3 Å². The molecule has 3 rings (SSSR count). The molecule has 0 aliphatic heterocycles. The van der Waals surface area contributed by atoms with Crippen LogP contribution < -0.4 is 10.1 Å². The summed E-state index contributed by atoms with van der Waals surface area (Å²) in [7, 11) is 1.65. The highest BCUT2D eigenvalue weighted by Crippen LogP contribution is 2.27. The molecule has 0 fully saturated rings. The van der Waals surface area contributed by atoms with Crippen LogP contribution in [0.1, 0.15) is 11.3 Å². The number of anilines is 1. The molecule has 118 valence electrons.